The maximum Gasteiger partial charge on any atom is 0.513 e. The third-order valence-electron chi connectivity index (χ3n) is 4.49. The Balaban J connectivity index is 2.37. The Hall–Kier alpha value is -2.82. The van der Waals surface area contributed by atoms with Crippen molar-refractivity contribution >= 4 is 12.1 Å². The van der Waals surface area contributed by atoms with E-state index in [1.807, 2.05) is 18.2 Å². The van der Waals surface area contributed by atoms with Crippen molar-refractivity contribution in [3.63, 3.8) is 0 Å². The minimum absolute atomic E-state index is 0.170. The van der Waals surface area contributed by atoms with Crippen molar-refractivity contribution in [1.82, 2.24) is 0 Å². The smallest absolute Gasteiger partial charge is 0.434 e. The fourth-order valence-corrected chi connectivity index (χ4v) is 2.87. The second kappa shape index (κ2) is 9.59. The minimum Gasteiger partial charge on any atom is -0.434 e. The highest BCUT2D eigenvalue weighted by molar-refractivity contribution is 5.91. The van der Waals surface area contributed by atoms with Crippen LogP contribution in [-0.4, -0.2) is 18.7 Å². The van der Waals surface area contributed by atoms with Gasteiger partial charge in [0, 0.05) is 0 Å². The molecule has 0 spiro atoms. The fourth-order valence-electron chi connectivity index (χ4n) is 2.87. The monoisotopic (exact) mass is 398 g/mol. The summed E-state index contributed by atoms with van der Waals surface area (Å²) in [4.78, 5) is 24.6. The molecule has 0 atom stereocenters. The predicted octanol–water partition coefficient (Wildman–Crippen LogP) is 6.00. The van der Waals surface area contributed by atoms with Crippen LogP contribution in [0.1, 0.15) is 68.1 Å². The second-order valence-electron chi connectivity index (χ2n) is 7.99. The van der Waals surface area contributed by atoms with Gasteiger partial charge in [0.15, 0.2) is 11.5 Å². The number of aryl methyl sites for hydroxylation is 2. The van der Waals surface area contributed by atoms with Gasteiger partial charge in [-0.25, -0.2) is 9.59 Å². The van der Waals surface area contributed by atoms with Crippen LogP contribution in [0.3, 0.4) is 0 Å². The number of hydrogen-bond acceptors (Lipinski definition) is 5. The lowest BCUT2D eigenvalue weighted by Gasteiger charge is -2.22. The lowest BCUT2D eigenvalue weighted by Crippen LogP contribution is -2.17. The number of rotatable bonds is 6. The Morgan fingerprint density at radius 1 is 0.966 bits per heavy atom. The molecule has 2 aromatic rings. The average molecular weight is 398 g/mol. The number of ether oxygens (including phenoxy) is 3. The first-order valence-corrected chi connectivity index (χ1v) is 9.96. The van der Waals surface area contributed by atoms with Gasteiger partial charge in [0.2, 0.25) is 0 Å². The molecule has 156 valence electrons. The Morgan fingerprint density at radius 3 is 2.17 bits per heavy atom. The first-order chi connectivity index (χ1) is 13.7. The molecular formula is C24H30O5. The number of benzene rings is 2. The number of hydrogen-bond donors (Lipinski definition) is 0. The fraction of sp³-hybridized carbons (Fsp3) is 0.417. The van der Waals surface area contributed by atoms with E-state index in [1.165, 1.54) is 5.56 Å². The molecule has 0 heterocycles. The van der Waals surface area contributed by atoms with Gasteiger partial charge in [-0.05, 0) is 60.6 Å². The first kappa shape index (κ1) is 22.5. The summed E-state index contributed by atoms with van der Waals surface area (Å²) in [6.45, 7) is 12.0. The molecule has 0 aliphatic rings. The van der Waals surface area contributed by atoms with Crippen molar-refractivity contribution in [1.29, 1.82) is 0 Å². The zero-order chi connectivity index (χ0) is 21.6. The van der Waals surface area contributed by atoms with E-state index in [0.29, 0.717) is 11.1 Å². The van der Waals surface area contributed by atoms with Gasteiger partial charge in [0.25, 0.3) is 0 Å². The number of carbonyl (C=O) groups excluding carboxylic acids is 2. The molecule has 0 saturated carbocycles. The van der Waals surface area contributed by atoms with Crippen LogP contribution in [0.2, 0.25) is 0 Å². The SMILES string of the molecule is CCCc1ccc(C(=O)Oc2cc(C(C)(C)C)cc(C)c2OC(=O)OCC)cc1. The molecule has 29 heavy (non-hydrogen) atoms. The highest BCUT2D eigenvalue weighted by atomic mass is 16.7. The molecule has 0 saturated heterocycles. The van der Waals surface area contributed by atoms with Crippen LogP contribution >= 0.6 is 0 Å². The number of carbonyl (C=O) groups is 2. The molecule has 0 fully saturated rings. The molecule has 5 nitrogen and oxygen atoms in total. The van der Waals surface area contributed by atoms with Crippen LogP contribution in [0, 0.1) is 6.92 Å². The van der Waals surface area contributed by atoms with Gasteiger partial charge in [-0.3, -0.25) is 0 Å². The van der Waals surface area contributed by atoms with E-state index in [0.717, 1.165) is 18.4 Å². The largest absolute Gasteiger partial charge is 0.513 e. The molecule has 5 heteroatoms. The second-order valence-corrected chi connectivity index (χ2v) is 7.99. The predicted molar refractivity (Wildman–Crippen MR) is 113 cm³/mol. The van der Waals surface area contributed by atoms with Crippen LogP contribution in [-0.2, 0) is 16.6 Å². The van der Waals surface area contributed by atoms with E-state index < -0.39 is 12.1 Å². The zero-order valence-corrected chi connectivity index (χ0v) is 18.1. The maximum atomic E-state index is 12.7. The Bertz CT molecular complexity index is 860. The van der Waals surface area contributed by atoms with Gasteiger partial charge in [0.05, 0.1) is 12.2 Å². The Morgan fingerprint density at radius 2 is 1.62 bits per heavy atom. The first-order valence-electron chi connectivity index (χ1n) is 9.96. The van der Waals surface area contributed by atoms with Crippen molar-refractivity contribution in [2.24, 2.45) is 0 Å². The molecule has 0 N–H and O–H groups in total. The van der Waals surface area contributed by atoms with Gasteiger partial charge in [-0.2, -0.15) is 0 Å². The van der Waals surface area contributed by atoms with Gasteiger partial charge in [-0.1, -0.05) is 52.3 Å². The third kappa shape index (κ3) is 6.08. The molecule has 0 aliphatic carbocycles. The molecule has 0 aliphatic heterocycles. The van der Waals surface area contributed by atoms with E-state index in [2.05, 4.69) is 27.7 Å². The van der Waals surface area contributed by atoms with Gasteiger partial charge in [0.1, 0.15) is 0 Å². The quantitative estimate of drug-likeness (QED) is 0.339. The summed E-state index contributed by atoms with van der Waals surface area (Å²) in [5.41, 5.74) is 3.08. The van der Waals surface area contributed by atoms with Crippen LogP contribution in [0.4, 0.5) is 4.79 Å². The lowest BCUT2D eigenvalue weighted by molar-refractivity contribution is 0.0717. The lowest BCUT2D eigenvalue weighted by atomic mass is 9.86. The van der Waals surface area contributed by atoms with E-state index in [1.54, 1.807) is 32.0 Å². The van der Waals surface area contributed by atoms with Crippen molar-refractivity contribution in [3.8, 4) is 11.5 Å². The summed E-state index contributed by atoms with van der Waals surface area (Å²) >= 11 is 0. The number of esters is 1. The van der Waals surface area contributed by atoms with Gasteiger partial charge in [-0.15, -0.1) is 0 Å². The summed E-state index contributed by atoms with van der Waals surface area (Å²) in [7, 11) is 0. The molecule has 2 rings (SSSR count). The van der Waals surface area contributed by atoms with Crippen molar-refractivity contribution in [2.75, 3.05) is 6.61 Å². The molecule has 2 aromatic carbocycles. The van der Waals surface area contributed by atoms with Crippen molar-refractivity contribution in [3.05, 3.63) is 58.7 Å². The standard InChI is InChI=1S/C24H30O5/c1-7-9-17-10-12-18(13-11-17)22(25)28-20-15-19(24(4,5)6)14-16(3)21(20)29-23(26)27-8-2/h10-15H,7-9H2,1-6H3. The molecule has 0 radical (unpaired) electrons. The third-order valence-corrected chi connectivity index (χ3v) is 4.49. The zero-order valence-electron chi connectivity index (χ0n) is 18.1. The molecule has 0 amide bonds. The van der Waals surface area contributed by atoms with Crippen LogP contribution in [0.15, 0.2) is 36.4 Å². The highest BCUT2D eigenvalue weighted by Crippen LogP contribution is 2.37. The topological polar surface area (TPSA) is 61.8 Å². The van der Waals surface area contributed by atoms with Crippen molar-refractivity contribution < 1.29 is 23.8 Å². The van der Waals surface area contributed by atoms with E-state index in [9.17, 15) is 9.59 Å². The Kier molecular flexibility index (Phi) is 7.43. The molecule has 0 bridgehead atoms. The minimum atomic E-state index is -0.833. The molecule has 0 unspecified atom stereocenters. The van der Waals surface area contributed by atoms with Crippen LogP contribution in [0.25, 0.3) is 0 Å². The normalized spacial score (nSPS) is 11.1. The summed E-state index contributed by atoms with van der Waals surface area (Å²) in [5, 5.41) is 0. The Labute approximate surface area is 173 Å². The van der Waals surface area contributed by atoms with Gasteiger partial charge < -0.3 is 14.2 Å². The summed E-state index contributed by atoms with van der Waals surface area (Å²) < 4.78 is 15.9. The van der Waals surface area contributed by atoms with Gasteiger partial charge >= 0.3 is 12.1 Å². The summed E-state index contributed by atoms with van der Waals surface area (Å²) in [6.07, 6.45) is 1.16. The van der Waals surface area contributed by atoms with E-state index in [4.69, 9.17) is 14.2 Å². The van der Waals surface area contributed by atoms with Crippen LogP contribution < -0.4 is 9.47 Å². The summed E-state index contributed by atoms with van der Waals surface area (Å²) in [6, 6.07) is 11.0. The van der Waals surface area contributed by atoms with E-state index in [-0.39, 0.29) is 23.5 Å². The van der Waals surface area contributed by atoms with E-state index >= 15 is 0 Å². The van der Waals surface area contributed by atoms with Crippen LogP contribution in [0.5, 0.6) is 11.5 Å². The average Bonchev–Trinajstić information content (AvgIpc) is 2.64. The van der Waals surface area contributed by atoms with Crippen molar-refractivity contribution in [2.45, 2.75) is 59.8 Å². The summed E-state index contributed by atoms with van der Waals surface area (Å²) in [5.74, 6) is -0.120. The molecular weight excluding hydrogens is 368 g/mol. The molecule has 0 aromatic heterocycles. The maximum absolute atomic E-state index is 12.7. The highest BCUT2D eigenvalue weighted by Gasteiger charge is 2.23.